The van der Waals surface area contributed by atoms with Gasteiger partial charge in [-0.15, -0.1) is 0 Å². The molecule has 3 amide bonds. The van der Waals surface area contributed by atoms with Gasteiger partial charge in [0.2, 0.25) is 0 Å². The third-order valence-electron chi connectivity index (χ3n) is 5.77. The molecule has 0 unspecified atom stereocenters. The lowest BCUT2D eigenvalue weighted by Gasteiger charge is -2.22. The van der Waals surface area contributed by atoms with Crippen LogP contribution in [0.5, 0.6) is 11.5 Å². The molecule has 0 saturated heterocycles. The number of urea groups is 1. The van der Waals surface area contributed by atoms with E-state index >= 15 is 0 Å². The van der Waals surface area contributed by atoms with E-state index < -0.39 is 0 Å². The van der Waals surface area contributed by atoms with E-state index in [0.29, 0.717) is 34.0 Å². The number of rotatable bonds is 6. The van der Waals surface area contributed by atoms with Gasteiger partial charge in [0.05, 0.1) is 31.2 Å². The zero-order valence-electron chi connectivity index (χ0n) is 20.4. The van der Waals surface area contributed by atoms with Crippen LogP contribution in [-0.2, 0) is 4.79 Å². The maximum atomic E-state index is 13.2. The van der Waals surface area contributed by atoms with E-state index in [-0.39, 0.29) is 11.9 Å². The molecule has 4 rings (SSSR count). The molecular weight excluding hydrogens is 444 g/mol. The molecule has 0 fully saturated rings. The van der Waals surface area contributed by atoms with Gasteiger partial charge in [-0.25, -0.2) is 4.79 Å². The number of fused-ring (bicyclic) bond motifs is 1. The van der Waals surface area contributed by atoms with Gasteiger partial charge in [-0.1, -0.05) is 30.3 Å². The third-order valence-corrected chi connectivity index (χ3v) is 5.77. The molecule has 1 aliphatic rings. The number of carbonyl (C=O) groups is 2. The maximum absolute atomic E-state index is 13.2. The first-order chi connectivity index (χ1) is 16.8. The van der Waals surface area contributed by atoms with Crippen LogP contribution in [0.25, 0.3) is 11.3 Å². The second kappa shape index (κ2) is 9.80. The van der Waals surface area contributed by atoms with Crippen molar-refractivity contribution in [3.05, 3.63) is 77.9 Å². The van der Waals surface area contributed by atoms with Crippen molar-refractivity contribution >= 4 is 40.3 Å². The fraction of sp³-hybridized carbons (Fsp3) is 0.185. The summed E-state index contributed by atoms with van der Waals surface area (Å²) in [5, 5.41) is 6.36. The second-order valence-corrected chi connectivity index (χ2v) is 8.23. The summed E-state index contributed by atoms with van der Waals surface area (Å²) < 4.78 is 10.9. The molecule has 0 saturated carbocycles. The van der Waals surface area contributed by atoms with Crippen LogP contribution in [0, 0.1) is 0 Å². The fourth-order valence-electron chi connectivity index (χ4n) is 3.95. The number of anilines is 3. The van der Waals surface area contributed by atoms with E-state index in [0.717, 1.165) is 16.9 Å². The Morgan fingerprint density at radius 3 is 2.11 bits per heavy atom. The molecule has 0 atom stereocenters. The second-order valence-electron chi connectivity index (χ2n) is 8.23. The predicted molar refractivity (Wildman–Crippen MR) is 139 cm³/mol. The van der Waals surface area contributed by atoms with Crippen LogP contribution >= 0.6 is 0 Å². The highest BCUT2D eigenvalue weighted by Crippen LogP contribution is 2.43. The summed E-state index contributed by atoms with van der Waals surface area (Å²) >= 11 is 0. The van der Waals surface area contributed by atoms with Gasteiger partial charge >= 0.3 is 6.03 Å². The Hall–Kier alpha value is -4.46. The highest BCUT2D eigenvalue weighted by atomic mass is 16.5. The van der Waals surface area contributed by atoms with Crippen molar-refractivity contribution in [1.82, 2.24) is 4.90 Å². The summed E-state index contributed by atoms with van der Waals surface area (Å²) in [4.78, 5) is 28.5. The summed E-state index contributed by atoms with van der Waals surface area (Å²) in [6.07, 6.45) is 0. The Balaban J connectivity index is 1.78. The van der Waals surface area contributed by atoms with Crippen molar-refractivity contribution < 1.29 is 19.1 Å². The van der Waals surface area contributed by atoms with Crippen LogP contribution in [0.3, 0.4) is 0 Å². The molecule has 3 aromatic carbocycles. The van der Waals surface area contributed by atoms with Crippen LogP contribution in [0.2, 0.25) is 0 Å². The van der Waals surface area contributed by atoms with Crippen LogP contribution in [0.1, 0.15) is 11.1 Å². The lowest BCUT2D eigenvalue weighted by Crippen LogP contribution is -2.36. The Labute approximate surface area is 204 Å². The minimum atomic E-state index is -0.227. The normalized spacial score (nSPS) is 13.5. The molecule has 8 heteroatoms. The van der Waals surface area contributed by atoms with Gasteiger partial charge in [-0.3, -0.25) is 9.69 Å². The van der Waals surface area contributed by atoms with E-state index in [1.54, 1.807) is 52.4 Å². The molecule has 0 spiro atoms. The number of benzene rings is 3. The molecule has 3 aromatic rings. The first kappa shape index (κ1) is 23.7. The number of nitrogens with zero attached hydrogens (tertiary/aromatic N) is 2. The first-order valence-corrected chi connectivity index (χ1v) is 11.0. The third kappa shape index (κ3) is 4.63. The van der Waals surface area contributed by atoms with E-state index in [2.05, 4.69) is 10.6 Å². The highest BCUT2D eigenvalue weighted by molar-refractivity contribution is 6.37. The van der Waals surface area contributed by atoms with Crippen molar-refractivity contribution in [2.24, 2.45) is 0 Å². The van der Waals surface area contributed by atoms with E-state index in [1.807, 2.05) is 54.6 Å². The molecular formula is C27H28N4O4. The number of methoxy groups -OCH3 is 2. The average molecular weight is 473 g/mol. The predicted octanol–water partition coefficient (Wildman–Crippen LogP) is 4.75. The molecule has 35 heavy (non-hydrogen) atoms. The largest absolute Gasteiger partial charge is 0.493 e. The van der Waals surface area contributed by atoms with Crippen molar-refractivity contribution in [3.63, 3.8) is 0 Å². The molecule has 0 bridgehead atoms. The van der Waals surface area contributed by atoms with Gasteiger partial charge in [0.15, 0.2) is 11.5 Å². The van der Waals surface area contributed by atoms with Crippen molar-refractivity contribution in [1.29, 1.82) is 0 Å². The SMILES string of the molecule is COc1cc2c(cc1OC)C(=C(Nc1ccc(N(C)C(=O)N(C)C)cc1)c1ccccc1)C(=O)N2. The van der Waals surface area contributed by atoms with Gasteiger partial charge in [-0.2, -0.15) is 0 Å². The Morgan fingerprint density at radius 1 is 0.886 bits per heavy atom. The molecule has 0 aliphatic carbocycles. The molecule has 1 heterocycles. The molecule has 2 N–H and O–H groups in total. The number of hydrogen-bond acceptors (Lipinski definition) is 5. The Morgan fingerprint density at radius 2 is 1.51 bits per heavy atom. The summed E-state index contributed by atoms with van der Waals surface area (Å²) in [5.74, 6) is 0.842. The zero-order chi connectivity index (χ0) is 25.1. The van der Waals surface area contributed by atoms with Gasteiger partial charge in [0.25, 0.3) is 5.91 Å². The zero-order valence-corrected chi connectivity index (χ0v) is 20.4. The lowest BCUT2D eigenvalue weighted by molar-refractivity contribution is -0.110. The summed E-state index contributed by atoms with van der Waals surface area (Å²) in [7, 11) is 8.27. The van der Waals surface area contributed by atoms with Gasteiger partial charge < -0.3 is 25.0 Å². The van der Waals surface area contributed by atoms with Crippen molar-refractivity contribution in [3.8, 4) is 11.5 Å². The number of ether oxygens (including phenoxy) is 2. The smallest absolute Gasteiger partial charge is 0.323 e. The standard InChI is InChI=1S/C27H28N4O4/c1-30(2)27(33)31(3)19-13-11-18(12-14-19)28-25(17-9-7-6-8-10-17)24-20-15-22(34-4)23(35-5)16-21(20)29-26(24)32/h6-16,28H,1-5H3,(H,29,32). The van der Waals surface area contributed by atoms with Crippen molar-refractivity contribution in [2.75, 3.05) is 50.9 Å². The van der Waals surface area contributed by atoms with Crippen LogP contribution < -0.4 is 25.0 Å². The minimum absolute atomic E-state index is 0.124. The van der Waals surface area contributed by atoms with E-state index in [4.69, 9.17) is 9.47 Å². The quantitative estimate of drug-likeness (QED) is 0.506. The average Bonchev–Trinajstić information content (AvgIpc) is 3.20. The first-order valence-electron chi connectivity index (χ1n) is 11.0. The Kier molecular flexibility index (Phi) is 6.64. The summed E-state index contributed by atoms with van der Waals surface area (Å²) in [5.41, 5.74) is 4.89. The van der Waals surface area contributed by atoms with Crippen molar-refractivity contribution in [2.45, 2.75) is 0 Å². The Bertz CT molecular complexity index is 1280. The highest BCUT2D eigenvalue weighted by Gasteiger charge is 2.30. The van der Waals surface area contributed by atoms with Gasteiger partial charge in [0.1, 0.15) is 0 Å². The maximum Gasteiger partial charge on any atom is 0.323 e. The number of carbonyl (C=O) groups excluding carboxylic acids is 2. The molecule has 1 aliphatic heterocycles. The molecule has 0 radical (unpaired) electrons. The summed E-state index contributed by atoms with van der Waals surface area (Å²) in [6, 6.07) is 20.6. The van der Waals surface area contributed by atoms with Gasteiger partial charge in [0, 0.05) is 44.1 Å². The van der Waals surface area contributed by atoms with Crippen LogP contribution in [0.15, 0.2) is 66.7 Å². The molecule has 8 nitrogen and oxygen atoms in total. The van der Waals surface area contributed by atoms with Crippen LogP contribution in [-0.4, -0.2) is 52.2 Å². The minimum Gasteiger partial charge on any atom is -0.493 e. The topological polar surface area (TPSA) is 83.1 Å². The summed E-state index contributed by atoms with van der Waals surface area (Å²) in [6.45, 7) is 0. The lowest BCUT2D eigenvalue weighted by atomic mass is 9.99. The molecule has 0 aromatic heterocycles. The van der Waals surface area contributed by atoms with E-state index in [1.165, 1.54) is 4.90 Å². The van der Waals surface area contributed by atoms with E-state index in [9.17, 15) is 9.59 Å². The molecule has 180 valence electrons. The van der Waals surface area contributed by atoms with Crippen LogP contribution in [0.4, 0.5) is 21.9 Å². The van der Waals surface area contributed by atoms with Gasteiger partial charge in [-0.05, 0) is 35.9 Å². The fourth-order valence-corrected chi connectivity index (χ4v) is 3.95. The number of hydrogen-bond donors (Lipinski definition) is 2. The monoisotopic (exact) mass is 472 g/mol. The number of amides is 3. The number of nitrogens with one attached hydrogen (secondary N) is 2.